The minimum Gasteiger partial charge on any atom is -0.493 e. The molecule has 8 nitrogen and oxygen atoms in total. The van der Waals surface area contributed by atoms with Gasteiger partial charge in [-0.3, -0.25) is 9.10 Å². The highest BCUT2D eigenvalue weighted by Gasteiger charge is 2.28. The van der Waals surface area contributed by atoms with Gasteiger partial charge in [0.1, 0.15) is 12.3 Å². The smallest absolute Gasteiger partial charge is 0.324 e. The van der Waals surface area contributed by atoms with Gasteiger partial charge in [0.2, 0.25) is 0 Å². The van der Waals surface area contributed by atoms with Crippen LogP contribution in [-0.4, -0.2) is 46.4 Å². The van der Waals surface area contributed by atoms with Crippen molar-refractivity contribution in [2.45, 2.75) is 24.8 Å². The summed E-state index contributed by atoms with van der Waals surface area (Å²) in [6, 6.07) is 10.3. The molecule has 0 atom stereocenters. The van der Waals surface area contributed by atoms with Gasteiger partial charge >= 0.3 is 5.97 Å². The molecule has 2 rings (SSSR count). The second-order valence-corrected chi connectivity index (χ2v) is 7.95. The molecule has 1 N–H and O–H groups in total. The number of aliphatic carboxylic acids is 1. The van der Waals surface area contributed by atoms with Gasteiger partial charge in [-0.05, 0) is 50.2 Å². The Morgan fingerprint density at radius 2 is 1.64 bits per heavy atom. The lowest BCUT2D eigenvalue weighted by Gasteiger charge is -2.23. The van der Waals surface area contributed by atoms with Crippen molar-refractivity contribution in [1.29, 1.82) is 0 Å². The number of anilines is 1. The topological polar surface area (TPSA) is 102 Å². The molecule has 0 aliphatic carbocycles. The summed E-state index contributed by atoms with van der Waals surface area (Å²) in [5.41, 5.74) is 0.202. The van der Waals surface area contributed by atoms with Crippen LogP contribution in [0.15, 0.2) is 47.4 Å². The van der Waals surface area contributed by atoms with Crippen LogP contribution in [0.3, 0.4) is 0 Å². The van der Waals surface area contributed by atoms with Crippen LogP contribution < -0.4 is 18.5 Å². The number of ether oxygens (including phenoxy) is 3. The van der Waals surface area contributed by atoms with Gasteiger partial charge in [0.15, 0.2) is 11.5 Å². The monoisotopic (exact) mass is 409 g/mol. The van der Waals surface area contributed by atoms with Crippen LogP contribution in [-0.2, 0) is 14.8 Å². The van der Waals surface area contributed by atoms with Crippen LogP contribution in [0.2, 0.25) is 0 Å². The molecule has 0 heterocycles. The molecule has 0 bridgehead atoms. The van der Waals surface area contributed by atoms with E-state index in [1.54, 1.807) is 12.1 Å². The fourth-order valence-electron chi connectivity index (χ4n) is 2.51. The van der Waals surface area contributed by atoms with Gasteiger partial charge < -0.3 is 19.3 Å². The molecule has 0 unspecified atom stereocenters. The largest absolute Gasteiger partial charge is 0.493 e. The van der Waals surface area contributed by atoms with Crippen LogP contribution >= 0.6 is 0 Å². The second kappa shape index (κ2) is 8.83. The van der Waals surface area contributed by atoms with Crippen molar-refractivity contribution in [2.75, 3.05) is 25.1 Å². The molecular weight excluding hydrogens is 386 g/mol. The Bertz CT molecular complexity index is 924. The number of rotatable bonds is 9. The Kier molecular flexibility index (Phi) is 6.74. The fraction of sp³-hybridized carbons (Fsp3) is 0.316. The molecule has 0 saturated heterocycles. The Morgan fingerprint density at radius 3 is 2.14 bits per heavy atom. The highest BCUT2D eigenvalue weighted by molar-refractivity contribution is 7.92. The van der Waals surface area contributed by atoms with Crippen LogP contribution in [0.1, 0.15) is 13.8 Å². The fourth-order valence-corrected chi connectivity index (χ4v) is 3.94. The standard InChI is InChI=1S/C19H23NO7S/c1-13(2)27-15-7-5-14(6-8-15)20(12-19(21)22)28(23,24)16-9-10-17(25-3)18(11-16)26-4/h5-11,13H,12H2,1-4H3,(H,21,22). The number of carboxylic acid groups (broad SMARTS) is 1. The zero-order valence-corrected chi connectivity index (χ0v) is 16.9. The van der Waals surface area contributed by atoms with E-state index >= 15 is 0 Å². The van der Waals surface area contributed by atoms with Crippen molar-refractivity contribution in [1.82, 2.24) is 0 Å². The highest BCUT2D eigenvalue weighted by Crippen LogP contribution is 2.32. The summed E-state index contributed by atoms with van der Waals surface area (Å²) in [7, 11) is -1.35. The zero-order chi connectivity index (χ0) is 20.9. The van der Waals surface area contributed by atoms with Crippen molar-refractivity contribution in [2.24, 2.45) is 0 Å². The number of sulfonamides is 1. The van der Waals surface area contributed by atoms with Gasteiger partial charge in [0.05, 0.1) is 30.9 Å². The van der Waals surface area contributed by atoms with Gasteiger partial charge in [-0.15, -0.1) is 0 Å². The van der Waals surface area contributed by atoms with E-state index < -0.39 is 22.5 Å². The molecule has 0 saturated carbocycles. The van der Waals surface area contributed by atoms with Crippen molar-refractivity contribution >= 4 is 21.7 Å². The first kappa shape index (κ1) is 21.4. The summed E-state index contributed by atoms with van der Waals surface area (Å²) >= 11 is 0. The van der Waals surface area contributed by atoms with Gasteiger partial charge in [-0.2, -0.15) is 0 Å². The minimum atomic E-state index is -4.17. The van der Waals surface area contributed by atoms with Crippen LogP contribution in [0.25, 0.3) is 0 Å². The molecule has 0 amide bonds. The van der Waals surface area contributed by atoms with Crippen LogP contribution in [0.5, 0.6) is 17.2 Å². The van der Waals surface area contributed by atoms with E-state index in [1.807, 2.05) is 13.8 Å². The summed E-state index contributed by atoms with van der Waals surface area (Å²) < 4.78 is 42.9. The SMILES string of the molecule is COc1ccc(S(=O)(=O)N(CC(=O)O)c2ccc(OC(C)C)cc2)cc1OC. The second-order valence-electron chi connectivity index (χ2n) is 6.08. The van der Waals surface area contributed by atoms with Gasteiger partial charge in [0, 0.05) is 6.07 Å². The maximum absolute atomic E-state index is 13.1. The number of nitrogens with zero attached hydrogens (tertiary/aromatic N) is 1. The summed E-state index contributed by atoms with van der Waals surface area (Å²) in [6.07, 6.45) is -0.0449. The molecule has 28 heavy (non-hydrogen) atoms. The Balaban J connectivity index is 2.48. The number of benzene rings is 2. The molecule has 152 valence electrons. The van der Waals surface area contributed by atoms with Gasteiger partial charge in [-0.1, -0.05) is 0 Å². The number of methoxy groups -OCH3 is 2. The van der Waals surface area contributed by atoms with E-state index in [0.29, 0.717) is 11.5 Å². The molecule has 9 heteroatoms. The molecule has 0 aliphatic heterocycles. The first-order chi connectivity index (χ1) is 13.2. The lowest BCUT2D eigenvalue weighted by atomic mass is 10.3. The zero-order valence-electron chi connectivity index (χ0n) is 16.1. The van der Waals surface area contributed by atoms with E-state index in [2.05, 4.69) is 0 Å². The Morgan fingerprint density at radius 1 is 1.04 bits per heavy atom. The Hall–Kier alpha value is -2.94. The molecule has 0 spiro atoms. The lowest BCUT2D eigenvalue weighted by molar-refractivity contribution is -0.135. The minimum absolute atomic E-state index is 0.0449. The maximum atomic E-state index is 13.1. The van der Waals surface area contributed by atoms with Crippen molar-refractivity contribution < 1.29 is 32.5 Å². The third kappa shape index (κ3) is 4.86. The molecule has 2 aromatic rings. The third-order valence-electron chi connectivity index (χ3n) is 3.72. The predicted molar refractivity (Wildman–Crippen MR) is 104 cm³/mol. The van der Waals surface area contributed by atoms with Gasteiger partial charge in [0.25, 0.3) is 10.0 Å². The van der Waals surface area contributed by atoms with Crippen LogP contribution in [0.4, 0.5) is 5.69 Å². The van der Waals surface area contributed by atoms with E-state index in [4.69, 9.17) is 14.2 Å². The average Bonchev–Trinajstić information content (AvgIpc) is 2.65. The molecule has 0 aliphatic rings. The van der Waals surface area contributed by atoms with Crippen molar-refractivity contribution in [3.05, 3.63) is 42.5 Å². The number of hydrogen-bond donors (Lipinski definition) is 1. The van der Waals surface area contributed by atoms with Gasteiger partial charge in [-0.25, -0.2) is 8.42 Å². The number of carboxylic acids is 1. The molecule has 0 radical (unpaired) electrons. The van der Waals surface area contributed by atoms with Crippen LogP contribution in [0, 0.1) is 0 Å². The maximum Gasteiger partial charge on any atom is 0.324 e. The summed E-state index contributed by atoms with van der Waals surface area (Å²) in [4.78, 5) is 11.2. The Labute approximate surface area is 164 Å². The third-order valence-corrected chi connectivity index (χ3v) is 5.49. The normalized spacial score (nSPS) is 11.2. The van der Waals surface area contributed by atoms with E-state index in [1.165, 1.54) is 44.6 Å². The first-order valence-electron chi connectivity index (χ1n) is 8.42. The first-order valence-corrected chi connectivity index (χ1v) is 9.86. The van der Waals surface area contributed by atoms with E-state index in [0.717, 1.165) is 4.31 Å². The van der Waals surface area contributed by atoms with E-state index in [-0.39, 0.29) is 22.4 Å². The quantitative estimate of drug-likeness (QED) is 0.679. The summed E-state index contributed by atoms with van der Waals surface area (Å²) in [6.45, 7) is 3.00. The molecule has 0 aromatic heterocycles. The van der Waals surface area contributed by atoms with Crippen molar-refractivity contribution in [3.8, 4) is 17.2 Å². The average molecular weight is 409 g/mol. The molecular formula is C19H23NO7S. The predicted octanol–water partition coefficient (Wildman–Crippen LogP) is 2.77. The molecule has 2 aromatic carbocycles. The highest BCUT2D eigenvalue weighted by atomic mass is 32.2. The number of carbonyl (C=O) groups is 1. The summed E-state index contributed by atoms with van der Waals surface area (Å²) in [5, 5.41) is 9.24. The van der Waals surface area contributed by atoms with E-state index in [9.17, 15) is 18.3 Å². The number of hydrogen-bond acceptors (Lipinski definition) is 6. The molecule has 0 fully saturated rings. The van der Waals surface area contributed by atoms with Crippen molar-refractivity contribution in [3.63, 3.8) is 0 Å². The lowest BCUT2D eigenvalue weighted by Crippen LogP contribution is -2.35. The summed E-state index contributed by atoms with van der Waals surface area (Å²) in [5.74, 6) is -0.148.